The molecule has 2 fully saturated rings. The van der Waals surface area contributed by atoms with Gasteiger partial charge < -0.3 is 14.5 Å². The lowest BCUT2D eigenvalue weighted by Crippen LogP contribution is -2.40. The number of aromatic nitrogens is 4. The van der Waals surface area contributed by atoms with E-state index in [1.54, 1.807) is 18.5 Å². The molecule has 0 saturated carbocycles. The molecule has 0 radical (unpaired) electrons. The van der Waals surface area contributed by atoms with Crippen molar-refractivity contribution in [1.82, 2.24) is 24.8 Å². The summed E-state index contributed by atoms with van der Waals surface area (Å²) in [5.74, 6) is 1.92. The average Bonchev–Trinajstić information content (AvgIpc) is 2.89. The summed E-state index contributed by atoms with van der Waals surface area (Å²) in [5, 5.41) is 0. The zero-order valence-electron chi connectivity index (χ0n) is 19.6. The zero-order valence-corrected chi connectivity index (χ0v) is 19.6. The third kappa shape index (κ3) is 5.16. The number of hydrogen-bond donors (Lipinski definition) is 0. The van der Waals surface area contributed by atoms with Gasteiger partial charge in [0.15, 0.2) is 0 Å². The van der Waals surface area contributed by atoms with E-state index in [0.717, 1.165) is 55.9 Å². The van der Waals surface area contributed by atoms with Gasteiger partial charge >= 0.3 is 0 Å². The summed E-state index contributed by atoms with van der Waals surface area (Å²) in [6, 6.07) is 11.4. The van der Waals surface area contributed by atoms with E-state index < -0.39 is 0 Å². The molecule has 0 N–H and O–H groups in total. The molecule has 8 heteroatoms. The van der Waals surface area contributed by atoms with Gasteiger partial charge in [0, 0.05) is 44.0 Å². The zero-order chi connectivity index (χ0) is 23.3. The van der Waals surface area contributed by atoms with E-state index in [-0.39, 0.29) is 11.8 Å². The van der Waals surface area contributed by atoms with Crippen LogP contribution in [0, 0.1) is 6.92 Å². The summed E-state index contributed by atoms with van der Waals surface area (Å²) in [5.41, 5.74) is 2.14. The van der Waals surface area contributed by atoms with E-state index in [4.69, 9.17) is 9.72 Å². The fourth-order valence-electron chi connectivity index (χ4n) is 4.68. The number of rotatable bonds is 5. The van der Waals surface area contributed by atoms with Crippen LogP contribution in [0.25, 0.3) is 0 Å². The third-order valence-electron chi connectivity index (χ3n) is 6.42. The van der Waals surface area contributed by atoms with E-state index in [9.17, 15) is 4.79 Å². The van der Waals surface area contributed by atoms with E-state index in [1.807, 2.05) is 42.2 Å². The molecule has 0 aliphatic carbocycles. The Bertz CT molecular complexity index is 1130. The highest BCUT2D eigenvalue weighted by Crippen LogP contribution is 2.28. The standard InChI is InChI=1S/C26H30N6O2/c1-19-15-22(30-26(28-19)31-12-6-3-7-13-31)25(33)32-14-8-9-20(18-32)23-16-27-17-24(29-23)34-21-10-4-2-5-11-21/h2,4-5,10-11,15-17,20H,3,6-9,12-14,18H2,1H3/t20-/m1/s1. The summed E-state index contributed by atoms with van der Waals surface area (Å²) in [4.78, 5) is 35.8. The van der Waals surface area contributed by atoms with Crippen molar-refractivity contribution in [3.63, 3.8) is 0 Å². The van der Waals surface area contributed by atoms with Gasteiger partial charge in [-0.2, -0.15) is 0 Å². The highest BCUT2D eigenvalue weighted by atomic mass is 16.5. The minimum Gasteiger partial charge on any atom is -0.437 e. The highest BCUT2D eigenvalue weighted by molar-refractivity contribution is 5.92. The van der Waals surface area contributed by atoms with E-state index in [0.29, 0.717) is 30.6 Å². The summed E-state index contributed by atoms with van der Waals surface area (Å²) in [6.07, 6.45) is 8.78. The number of benzene rings is 1. The molecular formula is C26H30N6O2. The first-order chi connectivity index (χ1) is 16.7. The summed E-state index contributed by atoms with van der Waals surface area (Å²) in [6.45, 7) is 5.13. The number of anilines is 1. The average molecular weight is 459 g/mol. The lowest BCUT2D eigenvalue weighted by Gasteiger charge is -2.32. The maximum Gasteiger partial charge on any atom is 0.272 e. The van der Waals surface area contributed by atoms with Crippen molar-refractivity contribution in [2.24, 2.45) is 0 Å². The number of aryl methyl sites for hydroxylation is 1. The molecule has 8 nitrogen and oxygen atoms in total. The number of hydrogen-bond acceptors (Lipinski definition) is 7. The Hall–Kier alpha value is -3.55. The lowest BCUT2D eigenvalue weighted by molar-refractivity contribution is 0.0699. The number of carbonyl (C=O) groups excluding carboxylic acids is 1. The predicted octanol–water partition coefficient (Wildman–Crippen LogP) is 4.38. The van der Waals surface area contributed by atoms with Gasteiger partial charge in [-0.1, -0.05) is 18.2 Å². The van der Waals surface area contributed by atoms with Crippen LogP contribution in [0.1, 0.15) is 59.9 Å². The number of ether oxygens (including phenoxy) is 1. The quantitative estimate of drug-likeness (QED) is 0.561. The van der Waals surface area contributed by atoms with Crippen molar-refractivity contribution in [2.75, 3.05) is 31.1 Å². The van der Waals surface area contributed by atoms with Crippen LogP contribution >= 0.6 is 0 Å². The largest absolute Gasteiger partial charge is 0.437 e. The van der Waals surface area contributed by atoms with Crippen LogP contribution in [0.3, 0.4) is 0 Å². The van der Waals surface area contributed by atoms with Crippen molar-refractivity contribution in [1.29, 1.82) is 0 Å². The fraction of sp³-hybridized carbons (Fsp3) is 0.423. The van der Waals surface area contributed by atoms with Crippen LogP contribution in [-0.2, 0) is 0 Å². The van der Waals surface area contributed by atoms with Gasteiger partial charge in [-0.05, 0) is 57.2 Å². The van der Waals surface area contributed by atoms with Crippen LogP contribution in [0.5, 0.6) is 11.6 Å². The number of carbonyl (C=O) groups is 1. The molecule has 3 aromatic rings. The second kappa shape index (κ2) is 10.2. The maximum absolute atomic E-state index is 13.4. The van der Waals surface area contributed by atoms with Crippen LogP contribution in [0.15, 0.2) is 48.8 Å². The predicted molar refractivity (Wildman–Crippen MR) is 129 cm³/mol. The molecule has 5 rings (SSSR count). The third-order valence-corrected chi connectivity index (χ3v) is 6.42. The minimum atomic E-state index is -0.0434. The molecule has 4 heterocycles. The van der Waals surface area contributed by atoms with Crippen molar-refractivity contribution in [3.05, 3.63) is 65.9 Å². The van der Waals surface area contributed by atoms with Crippen molar-refractivity contribution in [3.8, 4) is 11.6 Å². The fourth-order valence-corrected chi connectivity index (χ4v) is 4.68. The minimum absolute atomic E-state index is 0.0434. The topological polar surface area (TPSA) is 84.3 Å². The SMILES string of the molecule is Cc1cc(C(=O)N2CCC[C@@H](c3cncc(Oc4ccccc4)n3)C2)nc(N2CCCCC2)n1. The normalized spacial score (nSPS) is 18.6. The first-order valence-electron chi connectivity index (χ1n) is 12.1. The Balaban J connectivity index is 1.30. The molecule has 176 valence electrons. The first kappa shape index (κ1) is 22.3. The Morgan fingerprint density at radius 1 is 0.971 bits per heavy atom. The molecule has 2 aliphatic rings. The Labute approximate surface area is 200 Å². The van der Waals surface area contributed by atoms with Crippen molar-refractivity contribution in [2.45, 2.75) is 44.9 Å². The number of nitrogens with zero attached hydrogens (tertiary/aromatic N) is 6. The Morgan fingerprint density at radius 2 is 1.79 bits per heavy atom. The Morgan fingerprint density at radius 3 is 2.62 bits per heavy atom. The first-order valence-corrected chi connectivity index (χ1v) is 12.1. The summed E-state index contributed by atoms with van der Waals surface area (Å²) >= 11 is 0. The number of para-hydroxylation sites is 1. The van der Waals surface area contributed by atoms with Gasteiger partial charge in [0.1, 0.15) is 11.4 Å². The van der Waals surface area contributed by atoms with Crippen LogP contribution in [0.4, 0.5) is 5.95 Å². The van der Waals surface area contributed by atoms with Crippen molar-refractivity contribution < 1.29 is 9.53 Å². The molecule has 1 amide bonds. The molecule has 0 bridgehead atoms. The smallest absolute Gasteiger partial charge is 0.272 e. The van der Waals surface area contributed by atoms with Gasteiger partial charge in [-0.15, -0.1) is 0 Å². The molecule has 0 unspecified atom stereocenters. The molecule has 34 heavy (non-hydrogen) atoms. The van der Waals surface area contributed by atoms with Crippen LogP contribution in [0.2, 0.25) is 0 Å². The summed E-state index contributed by atoms with van der Waals surface area (Å²) in [7, 11) is 0. The monoisotopic (exact) mass is 458 g/mol. The van der Waals surface area contributed by atoms with Crippen LogP contribution < -0.4 is 9.64 Å². The second-order valence-corrected chi connectivity index (χ2v) is 9.03. The number of amides is 1. The van der Waals surface area contributed by atoms with E-state index in [1.165, 1.54) is 6.42 Å². The maximum atomic E-state index is 13.4. The van der Waals surface area contributed by atoms with Gasteiger partial charge in [0.25, 0.3) is 5.91 Å². The molecular weight excluding hydrogens is 428 g/mol. The summed E-state index contributed by atoms with van der Waals surface area (Å²) < 4.78 is 5.86. The molecule has 2 aliphatic heterocycles. The second-order valence-electron chi connectivity index (χ2n) is 9.03. The van der Waals surface area contributed by atoms with Gasteiger partial charge in [-0.3, -0.25) is 9.78 Å². The highest BCUT2D eigenvalue weighted by Gasteiger charge is 2.28. The van der Waals surface area contributed by atoms with E-state index in [2.05, 4.69) is 19.9 Å². The van der Waals surface area contributed by atoms with Crippen LogP contribution in [-0.4, -0.2) is 56.9 Å². The van der Waals surface area contributed by atoms with Gasteiger partial charge in [0.2, 0.25) is 11.8 Å². The van der Waals surface area contributed by atoms with Gasteiger partial charge in [0.05, 0.1) is 11.9 Å². The molecule has 0 spiro atoms. The Kier molecular flexibility index (Phi) is 6.65. The number of likely N-dealkylation sites (tertiary alicyclic amines) is 1. The molecule has 2 saturated heterocycles. The molecule has 1 aromatic carbocycles. The number of piperidine rings is 2. The van der Waals surface area contributed by atoms with Crippen molar-refractivity contribution >= 4 is 11.9 Å². The van der Waals surface area contributed by atoms with Gasteiger partial charge in [-0.25, -0.2) is 15.0 Å². The van der Waals surface area contributed by atoms with E-state index >= 15 is 0 Å². The molecule has 1 atom stereocenters. The molecule has 2 aromatic heterocycles. The lowest BCUT2D eigenvalue weighted by atomic mass is 9.95.